The van der Waals surface area contributed by atoms with Crippen molar-refractivity contribution in [1.82, 2.24) is 4.98 Å². The van der Waals surface area contributed by atoms with Crippen molar-refractivity contribution in [2.24, 2.45) is 0 Å². The van der Waals surface area contributed by atoms with Crippen LogP contribution < -0.4 is 9.80 Å². The molecule has 8 aromatic carbocycles. The van der Waals surface area contributed by atoms with Crippen LogP contribution in [0.3, 0.4) is 0 Å². The fraction of sp³-hybridized carbons (Fsp3) is 0.0588. The Bertz CT molecular complexity index is 2910. The van der Waals surface area contributed by atoms with Crippen molar-refractivity contribution in [3.05, 3.63) is 202 Å². The van der Waals surface area contributed by atoms with E-state index in [0.717, 1.165) is 54.1 Å². The summed E-state index contributed by atoms with van der Waals surface area (Å²) in [5.74, 6) is 0. The summed E-state index contributed by atoms with van der Waals surface area (Å²) in [4.78, 5) is 8.23. The Balaban J connectivity index is 1.09. The van der Waals surface area contributed by atoms with Gasteiger partial charge in [0.05, 0.1) is 14.8 Å². The second-order valence-corrected chi connectivity index (χ2v) is 16.6. The van der Waals surface area contributed by atoms with Gasteiger partial charge in [0.2, 0.25) is 0 Å². The van der Waals surface area contributed by atoms with E-state index in [2.05, 4.69) is 242 Å². The molecule has 3 nitrogen and oxygen atoms in total. The lowest BCUT2D eigenvalue weighted by molar-refractivity contribution is 0.660. The van der Waals surface area contributed by atoms with E-state index in [4.69, 9.17) is 0 Å². The summed E-state index contributed by atoms with van der Waals surface area (Å²) in [7, 11) is 0. The van der Waals surface area contributed by atoms with Gasteiger partial charge in [0.15, 0.2) is 0 Å². The fourth-order valence-electron chi connectivity index (χ4n) is 8.53. The van der Waals surface area contributed by atoms with Crippen LogP contribution in [0.1, 0.15) is 25.0 Å². The topological polar surface area (TPSA) is 22.3 Å². The Morgan fingerprint density at radius 1 is 0.446 bits per heavy atom. The third kappa shape index (κ3) is 5.77. The molecule has 0 bridgehead atoms. The van der Waals surface area contributed by atoms with E-state index in [1.165, 1.54) is 44.2 Å². The lowest BCUT2D eigenvalue weighted by Crippen LogP contribution is -2.17. The molecule has 1 aromatic heterocycles. The number of benzene rings is 8. The molecule has 5 heteroatoms. The quantitative estimate of drug-likeness (QED) is 0.173. The van der Waals surface area contributed by atoms with Gasteiger partial charge >= 0.3 is 0 Å². The molecule has 1 aliphatic carbocycles. The number of nitrogens with zero attached hydrogens (tertiary/aromatic N) is 2. The zero-order valence-electron chi connectivity index (χ0n) is 31.0. The van der Waals surface area contributed by atoms with Gasteiger partial charge < -0.3 is 14.8 Å². The van der Waals surface area contributed by atoms with Gasteiger partial charge in [0.25, 0.3) is 0 Å². The van der Waals surface area contributed by atoms with Crippen LogP contribution in [0.4, 0.5) is 34.1 Å². The van der Waals surface area contributed by atoms with Crippen molar-refractivity contribution in [3.63, 3.8) is 0 Å². The molecular formula is C51H37Br2N3. The molecule has 270 valence electrons. The van der Waals surface area contributed by atoms with E-state index < -0.39 is 0 Å². The minimum absolute atomic E-state index is 0.251. The summed E-state index contributed by atoms with van der Waals surface area (Å²) >= 11 is 7.49. The Morgan fingerprint density at radius 3 is 1.70 bits per heavy atom. The van der Waals surface area contributed by atoms with Gasteiger partial charge in [0, 0.05) is 50.1 Å². The SMILES string of the molecule is CC1(C)c2cc(N(c3ccc(-c4ccccc4)cc3)c3ccc4[nH]c(Br)c(Br)c4c3)ccc2-c2ccc(N(c3ccccc3)c3cccc4ccccc34)cc21. The Hall–Kier alpha value is -5.88. The van der Waals surface area contributed by atoms with Gasteiger partial charge in [-0.05, 0) is 143 Å². The van der Waals surface area contributed by atoms with Crippen LogP contribution in [-0.4, -0.2) is 4.98 Å². The molecule has 0 atom stereocenters. The predicted molar refractivity (Wildman–Crippen MR) is 244 cm³/mol. The highest BCUT2D eigenvalue weighted by atomic mass is 79.9. The number of aromatic amines is 1. The third-order valence-corrected chi connectivity index (χ3v) is 13.3. The number of anilines is 6. The van der Waals surface area contributed by atoms with Gasteiger partial charge in [-0.15, -0.1) is 0 Å². The van der Waals surface area contributed by atoms with Crippen molar-refractivity contribution in [1.29, 1.82) is 0 Å². The Kier molecular flexibility index (Phi) is 8.46. The number of hydrogen-bond acceptors (Lipinski definition) is 2. The molecule has 1 heterocycles. The van der Waals surface area contributed by atoms with Crippen LogP contribution in [0, 0.1) is 0 Å². The monoisotopic (exact) mass is 849 g/mol. The molecule has 10 rings (SSSR count). The lowest BCUT2D eigenvalue weighted by atomic mass is 9.82. The third-order valence-electron chi connectivity index (χ3n) is 11.3. The molecule has 9 aromatic rings. The van der Waals surface area contributed by atoms with Crippen molar-refractivity contribution < 1.29 is 0 Å². The first-order valence-corrected chi connectivity index (χ1v) is 20.5. The van der Waals surface area contributed by atoms with Gasteiger partial charge in [-0.1, -0.05) is 123 Å². The van der Waals surface area contributed by atoms with Crippen molar-refractivity contribution in [2.45, 2.75) is 19.3 Å². The van der Waals surface area contributed by atoms with Crippen LogP contribution in [0.15, 0.2) is 191 Å². The minimum Gasteiger partial charge on any atom is -0.348 e. The maximum Gasteiger partial charge on any atom is 0.0975 e. The zero-order chi connectivity index (χ0) is 38.0. The maximum atomic E-state index is 3.81. The molecule has 0 spiro atoms. The zero-order valence-corrected chi connectivity index (χ0v) is 34.1. The van der Waals surface area contributed by atoms with Crippen LogP contribution >= 0.6 is 31.9 Å². The highest BCUT2D eigenvalue weighted by Gasteiger charge is 2.37. The minimum atomic E-state index is -0.251. The van der Waals surface area contributed by atoms with Crippen molar-refractivity contribution in [2.75, 3.05) is 9.80 Å². The molecule has 0 saturated carbocycles. The highest BCUT2D eigenvalue weighted by Crippen LogP contribution is 2.53. The first kappa shape index (κ1) is 34.6. The summed E-state index contributed by atoms with van der Waals surface area (Å²) in [6, 6.07) is 66.1. The summed E-state index contributed by atoms with van der Waals surface area (Å²) in [5.41, 5.74) is 15.2. The van der Waals surface area contributed by atoms with Gasteiger partial charge in [-0.25, -0.2) is 0 Å². The number of para-hydroxylation sites is 1. The summed E-state index contributed by atoms with van der Waals surface area (Å²) in [5, 5.41) is 3.57. The standard InChI is InChI=1S/C51H37Br2N3/c1-51(2)45-31-39(55(38-26-29-47-44(30-38)49(52)50(53)54-47)37-22-20-34(21-23-37)33-12-5-3-6-13-33)24-27-42(45)43-28-25-40(32-46(43)51)56(36-16-7-4-8-17-36)48-19-11-15-35-14-9-10-18-41(35)48/h3-32,54H,1-2H3. The molecule has 0 fully saturated rings. The molecule has 1 N–H and O–H groups in total. The first-order chi connectivity index (χ1) is 27.3. The van der Waals surface area contributed by atoms with Gasteiger partial charge in [-0.2, -0.15) is 0 Å². The van der Waals surface area contributed by atoms with Crippen molar-refractivity contribution in [3.8, 4) is 22.3 Å². The predicted octanol–water partition coefficient (Wildman–Crippen LogP) is 15.8. The van der Waals surface area contributed by atoms with E-state index in [1.807, 2.05) is 0 Å². The summed E-state index contributed by atoms with van der Waals surface area (Å²) in [6.45, 7) is 4.74. The summed E-state index contributed by atoms with van der Waals surface area (Å²) < 4.78 is 1.95. The lowest BCUT2D eigenvalue weighted by Gasteiger charge is -2.29. The second kappa shape index (κ2) is 13.7. The average molecular weight is 852 g/mol. The molecular weight excluding hydrogens is 814 g/mol. The molecule has 1 aliphatic rings. The molecule has 0 amide bonds. The van der Waals surface area contributed by atoms with Crippen LogP contribution in [0.5, 0.6) is 0 Å². The largest absolute Gasteiger partial charge is 0.348 e. The molecule has 56 heavy (non-hydrogen) atoms. The molecule has 0 unspecified atom stereocenters. The van der Waals surface area contributed by atoms with Gasteiger partial charge in [0.1, 0.15) is 0 Å². The number of halogens is 2. The maximum absolute atomic E-state index is 3.81. The van der Waals surface area contributed by atoms with E-state index >= 15 is 0 Å². The van der Waals surface area contributed by atoms with E-state index in [0.29, 0.717) is 0 Å². The van der Waals surface area contributed by atoms with Crippen LogP contribution in [-0.2, 0) is 5.41 Å². The molecule has 0 aliphatic heterocycles. The summed E-state index contributed by atoms with van der Waals surface area (Å²) in [6.07, 6.45) is 0. The van der Waals surface area contributed by atoms with Crippen LogP contribution in [0.25, 0.3) is 43.9 Å². The van der Waals surface area contributed by atoms with E-state index in [1.54, 1.807) is 0 Å². The number of H-pyrrole nitrogens is 1. The van der Waals surface area contributed by atoms with E-state index in [-0.39, 0.29) is 5.41 Å². The average Bonchev–Trinajstić information content (AvgIpc) is 3.65. The number of rotatable bonds is 7. The van der Waals surface area contributed by atoms with Gasteiger partial charge in [-0.3, -0.25) is 0 Å². The number of hydrogen-bond donors (Lipinski definition) is 1. The van der Waals surface area contributed by atoms with Crippen molar-refractivity contribution >= 4 is 87.7 Å². The Morgan fingerprint density at radius 2 is 0.982 bits per heavy atom. The molecule has 0 radical (unpaired) electrons. The fourth-order valence-corrected chi connectivity index (χ4v) is 9.39. The molecule has 0 saturated heterocycles. The van der Waals surface area contributed by atoms with E-state index in [9.17, 15) is 0 Å². The first-order valence-electron chi connectivity index (χ1n) is 18.9. The Labute approximate surface area is 344 Å². The number of nitrogens with one attached hydrogen (secondary N) is 1. The normalized spacial score (nSPS) is 12.8. The second-order valence-electron chi connectivity index (χ2n) is 15.0. The van der Waals surface area contributed by atoms with Crippen LogP contribution in [0.2, 0.25) is 0 Å². The highest BCUT2D eigenvalue weighted by molar-refractivity contribution is 9.13. The number of fused-ring (bicyclic) bond motifs is 5. The smallest absolute Gasteiger partial charge is 0.0975 e. The number of aromatic nitrogens is 1.